The molecule has 0 saturated heterocycles. The van der Waals surface area contributed by atoms with Crippen LogP contribution in [0.3, 0.4) is 0 Å². The van der Waals surface area contributed by atoms with Crippen LogP contribution in [0.2, 0.25) is 0 Å². The van der Waals surface area contributed by atoms with E-state index < -0.39 is 0 Å². The van der Waals surface area contributed by atoms with Gasteiger partial charge in [-0.05, 0) is 50.2 Å². The highest BCUT2D eigenvalue weighted by atomic mass is 16.5. The third-order valence-electron chi connectivity index (χ3n) is 2.41. The molecule has 0 saturated carbocycles. The molecule has 0 aliphatic rings. The molecule has 1 N–H and O–H groups in total. The van der Waals surface area contributed by atoms with Crippen molar-refractivity contribution in [1.29, 1.82) is 0 Å². The standard InChI is InChI=1S/C15H16N2O2/c1-11(2)19-14-7-5-13(6-8-14)17-15(18)12-4-3-9-16-10-12/h3-11H,1-2H3,(H,17,18). The third kappa shape index (κ3) is 3.81. The van der Waals surface area contributed by atoms with E-state index in [0.29, 0.717) is 5.56 Å². The third-order valence-corrected chi connectivity index (χ3v) is 2.41. The van der Waals surface area contributed by atoms with Crippen molar-refractivity contribution in [3.8, 4) is 5.75 Å². The highest BCUT2D eigenvalue weighted by molar-refractivity contribution is 6.04. The minimum atomic E-state index is -0.175. The highest BCUT2D eigenvalue weighted by Gasteiger charge is 2.05. The predicted octanol–water partition coefficient (Wildman–Crippen LogP) is 3.12. The van der Waals surface area contributed by atoms with Gasteiger partial charge in [-0.25, -0.2) is 0 Å². The Morgan fingerprint density at radius 1 is 1.21 bits per heavy atom. The Morgan fingerprint density at radius 3 is 2.53 bits per heavy atom. The molecule has 98 valence electrons. The Morgan fingerprint density at radius 2 is 1.95 bits per heavy atom. The van der Waals surface area contributed by atoms with Crippen molar-refractivity contribution in [3.63, 3.8) is 0 Å². The summed E-state index contributed by atoms with van der Waals surface area (Å²) in [5.41, 5.74) is 1.26. The van der Waals surface area contributed by atoms with Gasteiger partial charge < -0.3 is 10.1 Å². The number of rotatable bonds is 4. The van der Waals surface area contributed by atoms with Gasteiger partial charge in [-0.15, -0.1) is 0 Å². The average molecular weight is 256 g/mol. The number of aromatic nitrogens is 1. The molecule has 0 aliphatic carbocycles. The second kappa shape index (κ2) is 6.00. The number of pyridine rings is 1. The van der Waals surface area contributed by atoms with E-state index in [1.54, 1.807) is 18.3 Å². The van der Waals surface area contributed by atoms with Crippen LogP contribution in [0.15, 0.2) is 48.8 Å². The minimum Gasteiger partial charge on any atom is -0.491 e. The Labute approximate surface area is 112 Å². The molecule has 2 rings (SSSR count). The summed E-state index contributed by atoms with van der Waals surface area (Å²) >= 11 is 0. The van der Waals surface area contributed by atoms with Crippen molar-refractivity contribution >= 4 is 11.6 Å². The van der Waals surface area contributed by atoms with Crippen molar-refractivity contribution in [3.05, 3.63) is 54.4 Å². The predicted molar refractivity (Wildman–Crippen MR) is 74.4 cm³/mol. The first-order chi connectivity index (χ1) is 9.15. The van der Waals surface area contributed by atoms with Gasteiger partial charge in [0.2, 0.25) is 0 Å². The lowest BCUT2D eigenvalue weighted by atomic mass is 10.2. The fourth-order valence-corrected chi connectivity index (χ4v) is 1.59. The molecule has 0 spiro atoms. The van der Waals surface area contributed by atoms with Crippen molar-refractivity contribution in [2.24, 2.45) is 0 Å². The summed E-state index contributed by atoms with van der Waals surface area (Å²) in [4.78, 5) is 15.8. The number of hydrogen-bond donors (Lipinski definition) is 1. The fourth-order valence-electron chi connectivity index (χ4n) is 1.59. The highest BCUT2D eigenvalue weighted by Crippen LogP contribution is 2.17. The lowest BCUT2D eigenvalue weighted by Crippen LogP contribution is -2.12. The number of hydrogen-bond acceptors (Lipinski definition) is 3. The summed E-state index contributed by atoms with van der Waals surface area (Å²) in [5.74, 6) is 0.611. The first-order valence-corrected chi connectivity index (χ1v) is 6.13. The quantitative estimate of drug-likeness (QED) is 0.914. The average Bonchev–Trinajstić information content (AvgIpc) is 2.41. The summed E-state index contributed by atoms with van der Waals surface area (Å²) in [5, 5.41) is 2.80. The maximum absolute atomic E-state index is 11.9. The van der Waals surface area contributed by atoms with Crippen molar-refractivity contribution < 1.29 is 9.53 Å². The van der Waals surface area contributed by atoms with Crippen LogP contribution in [0.1, 0.15) is 24.2 Å². The zero-order chi connectivity index (χ0) is 13.7. The molecule has 0 atom stereocenters. The molecule has 1 aromatic carbocycles. The monoisotopic (exact) mass is 256 g/mol. The van der Waals surface area contributed by atoms with E-state index >= 15 is 0 Å². The Kier molecular flexibility index (Phi) is 4.13. The van der Waals surface area contributed by atoms with Crippen LogP contribution in [0.25, 0.3) is 0 Å². The molecule has 0 unspecified atom stereocenters. The molecule has 4 heteroatoms. The summed E-state index contributed by atoms with van der Waals surface area (Å²) in [6, 6.07) is 10.7. The second-order valence-electron chi connectivity index (χ2n) is 4.39. The summed E-state index contributed by atoms with van der Waals surface area (Å²) in [7, 11) is 0. The maximum Gasteiger partial charge on any atom is 0.257 e. The molecule has 0 fully saturated rings. The van der Waals surface area contributed by atoms with Crippen LogP contribution in [0.5, 0.6) is 5.75 Å². The number of carbonyl (C=O) groups is 1. The van der Waals surface area contributed by atoms with Crippen molar-refractivity contribution in [1.82, 2.24) is 4.98 Å². The van der Waals surface area contributed by atoms with Crippen molar-refractivity contribution in [2.75, 3.05) is 5.32 Å². The number of amides is 1. The van der Waals surface area contributed by atoms with Gasteiger partial charge in [-0.2, -0.15) is 0 Å². The molecular weight excluding hydrogens is 240 g/mol. The molecule has 1 heterocycles. The summed E-state index contributed by atoms with van der Waals surface area (Å²) in [6.07, 6.45) is 3.30. The van der Waals surface area contributed by atoms with Crippen LogP contribution in [0, 0.1) is 0 Å². The second-order valence-corrected chi connectivity index (χ2v) is 4.39. The van der Waals surface area contributed by atoms with Gasteiger partial charge in [0.05, 0.1) is 11.7 Å². The van der Waals surface area contributed by atoms with Crippen LogP contribution < -0.4 is 10.1 Å². The van der Waals surface area contributed by atoms with Gasteiger partial charge in [-0.3, -0.25) is 9.78 Å². The molecule has 0 aliphatic heterocycles. The maximum atomic E-state index is 11.9. The van der Waals surface area contributed by atoms with Gasteiger partial charge >= 0.3 is 0 Å². The van der Waals surface area contributed by atoms with Crippen LogP contribution in [0.4, 0.5) is 5.69 Å². The normalized spacial score (nSPS) is 10.3. The topological polar surface area (TPSA) is 51.2 Å². The van der Waals surface area contributed by atoms with E-state index in [1.807, 2.05) is 38.1 Å². The number of anilines is 1. The first-order valence-electron chi connectivity index (χ1n) is 6.13. The van der Waals surface area contributed by atoms with E-state index in [1.165, 1.54) is 6.20 Å². The van der Waals surface area contributed by atoms with E-state index in [2.05, 4.69) is 10.3 Å². The first kappa shape index (κ1) is 13.1. The lowest BCUT2D eigenvalue weighted by molar-refractivity contribution is 0.102. The molecular formula is C15H16N2O2. The number of benzene rings is 1. The van der Waals surface area contributed by atoms with Crippen LogP contribution in [-0.4, -0.2) is 17.0 Å². The molecule has 4 nitrogen and oxygen atoms in total. The van der Waals surface area contributed by atoms with Gasteiger partial charge in [-0.1, -0.05) is 0 Å². The van der Waals surface area contributed by atoms with Gasteiger partial charge in [0.25, 0.3) is 5.91 Å². The van der Waals surface area contributed by atoms with Crippen molar-refractivity contribution in [2.45, 2.75) is 20.0 Å². The lowest BCUT2D eigenvalue weighted by Gasteiger charge is -2.10. The summed E-state index contributed by atoms with van der Waals surface area (Å²) in [6.45, 7) is 3.94. The van der Waals surface area contributed by atoms with Crippen LogP contribution in [-0.2, 0) is 0 Å². The summed E-state index contributed by atoms with van der Waals surface area (Å²) < 4.78 is 5.54. The number of carbonyl (C=O) groups excluding carboxylic acids is 1. The van der Waals surface area contributed by atoms with Gasteiger partial charge in [0.15, 0.2) is 0 Å². The molecule has 1 amide bonds. The Balaban J connectivity index is 2.02. The minimum absolute atomic E-state index is 0.135. The Bertz CT molecular complexity index is 536. The largest absolute Gasteiger partial charge is 0.491 e. The van der Waals surface area contributed by atoms with Gasteiger partial charge in [0.1, 0.15) is 5.75 Å². The molecule has 19 heavy (non-hydrogen) atoms. The van der Waals surface area contributed by atoms with E-state index in [4.69, 9.17) is 4.74 Å². The molecule has 2 aromatic rings. The smallest absolute Gasteiger partial charge is 0.257 e. The van der Waals surface area contributed by atoms with Crippen LogP contribution >= 0.6 is 0 Å². The van der Waals surface area contributed by atoms with Gasteiger partial charge in [0, 0.05) is 18.1 Å². The molecule has 0 radical (unpaired) electrons. The number of ether oxygens (including phenoxy) is 1. The fraction of sp³-hybridized carbons (Fsp3) is 0.200. The zero-order valence-electron chi connectivity index (χ0n) is 11.0. The van der Waals surface area contributed by atoms with E-state index in [0.717, 1.165) is 11.4 Å². The zero-order valence-corrected chi connectivity index (χ0v) is 11.0. The molecule has 0 bridgehead atoms. The Hall–Kier alpha value is -2.36. The SMILES string of the molecule is CC(C)Oc1ccc(NC(=O)c2cccnc2)cc1. The van der Waals surface area contributed by atoms with E-state index in [9.17, 15) is 4.79 Å². The number of nitrogens with one attached hydrogen (secondary N) is 1. The number of nitrogens with zero attached hydrogens (tertiary/aromatic N) is 1. The molecule has 1 aromatic heterocycles. The van der Waals surface area contributed by atoms with E-state index in [-0.39, 0.29) is 12.0 Å².